The van der Waals surface area contributed by atoms with E-state index in [1.165, 1.54) is 32.6 Å². The second-order valence-corrected chi connectivity index (χ2v) is 24.3. The van der Waals surface area contributed by atoms with E-state index in [4.69, 9.17) is 9.47 Å². The van der Waals surface area contributed by atoms with Gasteiger partial charge in [0.25, 0.3) is 0 Å². The minimum atomic E-state index is -3.08. The monoisotopic (exact) mass is 606 g/mol. The molecule has 1 saturated carbocycles. The van der Waals surface area contributed by atoms with Crippen molar-refractivity contribution < 1.29 is 19.1 Å². The van der Waals surface area contributed by atoms with Crippen LogP contribution in [0.25, 0.3) is 0 Å². The third-order valence-electron chi connectivity index (χ3n) is 7.93. The van der Waals surface area contributed by atoms with Gasteiger partial charge in [0.05, 0.1) is 0 Å². The SMILES string of the molecule is CCC[CH2][Sn]([CH2]CCC)([CH2]CCC)[CH](C(=O)OC)/C(=C/CCOCc1ccccc1)C1CCCC1=O. The molecule has 0 heterocycles. The van der Waals surface area contributed by atoms with E-state index >= 15 is 0 Å². The van der Waals surface area contributed by atoms with Crippen LogP contribution in [-0.4, -0.2) is 43.8 Å². The van der Waals surface area contributed by atoms with Crippen LogP contribution < -0.4 is 0 Å². The molecule has 1 fully saturated rings. The molecule has 0 aliphatic heterocycles. The van der Waals surface area contributed by atoms with Crippen LogP contribution in [0.2, 0.25) is 17.2 Å². The van der Waals surface area contributed by atoms with E-state index in [1.54, 1.807) is 7.11 Å². The van der Waals surface area contributed by atoms with Gasteiger partial charge in [-0.3, -0.25) is 0 Å². The van der Waals surface area contributed by atoms with Gasteiger partial charge in [-0.25, -0.2) is 0 Å². The van der Waals surface area contributed by atoms with Crippen LogP contribution in [0.5, 0.6) is 0 Å². The number of Topliss-reactive ketones (excluding diaryl/α,β-unsaturated/α-hetero) is 1. The van der Waals surface area contributed by atoms with Crippen molar-refractivity contribution in [3.8, 4) is 0 Å². The van der Waals surface area contributed by atoms with Gasteiger partial charge in [0.15, 0.2) is 0 Å². The average Bonchev–Trinajstić information content (AvgIpc) is 3.33. The van der Waals surface area contributed by atoms with Crippen molar-refractivity contribution in [2.24, 2.45) is 5.92 Å². The molecule has 202 valence electrons. The first-order valence-electron chi connectivity index (χ1n) is 14.4. The van der Waals surface area contributed by atoms with Crippen LogP contribution in [0, 0.1) is 5.92 Å². The van der Waals surface area contributed by atoms with E-state index in [2.05, 4.69) is 39.0 Å². The van der Waals surface area contributed by atoms with Gasteiger partial charge in [0.1, 0.15) is 0 Å². The number of hydrogen-bond donors (Lipinski definition) is 0. The summed E-state index contributed by atoms with van der Waals surface area (Å²) in [5.74, 6) is 0.150. The Hall–Kier alpha value is -1.14. The van der Waals surface area contributed by atoms with Crippen molar-refractivity contribution in [2.45, 2.75) is 109 Å². The van der Waals surface area contributed by atoms with Crippen LogP contribution in [0.4, 0.5) is 0 Å². The molecule has 0 aromatic heterocycles. The number of rotatable bonds is 18. The van der Waals surface area contributed by atoms with Crippen molar-refractivity contribution >= 4 is 30.1 Å². The third-order valence-corrected chi connectivity index (χ3v) is 24.6. The van der Waals surface area contributed by atoms with Crippen molar-refractivity contribution in [1.29, 1.82) is 0 Å². The normalized spacial score (nSPS) is 17.4. The fraction of sp³-hybridized carbons (Fsp3) is 0.677. The maximum absolute atomic E-state index is 13.7. The Labute approximate surface area is 224 Å². The van der Waals surface area contributed by atoms with Gasteiger partial charge in [0.2, 0.25) is 0 Å². The van der Waals surface area contributed by atoms with Gasteiger partial charge in [-0.1, -0.05) is 0 Å². The van der Waals surface area contributed by atoms with Gasteiger partial charge in [-0.2, -0.15) is 0 Å². The second kappa shape index (κ2) is 17.4. The Morgan fingerprint density at radius 1 is 1.03 bits per heavy atom. The number of methoxy groups -OCH3 is 1. The zero-order valence-electron chi connectivity index (χ0n) is 23.4. The molecule has 4 nitrogen and oxygen atoms in total. The number of carbonyl (C=O) groups excluding carboxylic acids is 2. The Balaban J connectivity index is 2.39. The summed E-state index contributed by atoms with van der Waals surface area (Å²) in [4.78, 5) is 26.7. The molecule has 0 radical (unpaired) electrons. The predicted molar refractivity (Wildman–Crippen MR) is 152 cm³/mol. The summed E-state index contributed by atoms with van der Waals surface area (Å²) >= 11 is -3.08. The molecule has 1 aromatic carbocycles. The number of carbonyl (C=O) groups is 2. The molecule has 1 aromatic rings. The molecule has 0 N–H and O–H groups in total. The average molecular weight is 605 g/mol. The van der Waals surface area contributed by atoms with Gasteiger partial charge in [-0.15, -0.1) is 0 Å². The fourth-order valence-electron chi connectivity index (χ4n) is 5.95. The van der Waals surface area contributed by atoms with E-state index in [1.807, 2.05) is 18.2 Å². The predicted octanol–water partition coefficient (Wildman–Crippen LogP) is 8.28. The number of ether oxygens (including phenoxy) is 2. The quantitative estimate of drug-likeness (QED) is 0.0732. The van der Waals surface area contributed by atoms with Crippen LogP contribution in [-0.2, 0) is 25.7 Å². The summed E-state index contributed by atoms with van der Waals surface area (Å²) in [6.45, 7) is 7.94. The Morgan fingerprint density at radius 2 is 1.64 bits per heavy atom. The molecule has 5 heteroatoms. The van der Waals surface area contributed by atoms with Gasteiger partial charge in [0, 0.05) is 0 Å². The summed E-state index contributed by atoms with van der Waals surface area (Å²) in [6.07, 6.45) is 12.4. The fourth-order valence-corrected chi connectivity index (χ4v) is 24.3. The van der Waals surface area contributed by atoms with Crippen molar-refractivity contribution in [2.75, 3.05) is 13.7 Å². The first kappa shape index (κ1) is 31.1. The van der Waals surface area contributed by atoms with E-state index < -0.39 is 18.4 Å². The zero-order valence-corrected chi connectivity index (χ0v) is 26.2. The molecule has 2 unspecified atom stereocenters. The van der Waals surface area contributed by atoms with Crippen LogP contribution in [0.1, 0.15) is 90.5 Å². The summed E-state index contributed by atoms with van der Waals surface area (Å²) < 4.78 is 15.0. The Morgan fingerprint density at radius 3 is 2.14 bits per heavy atom. The number of benzene rings is 1. The van der Waals surface area contributed by atoms with Crippen LogP contribution in [0.3, 0.4) is 0 Å². The molecule has 0 saturated heterocycles. The molecule has 0 amide bonds. The summed E-state index contributed by atoms with van der Waals surface area (Å²) in [5, 5.41) is 0. The minimum absolute atomic E-state index is 0.0646. The first-order valence-corrected chi connectivity index (χ1v) is 22.1. The second-order valence-electron chi connectivity index (χ2n) is 10.6. The number of esters is 1. The maximum atomic E-state index is 13.7. The molecule has 2 rings (SSSR count). The van der Waals surface area contributed by atoms with E-state index in [0.717, 1.165) is 49.7 Å². The summed E-state index contributed by atoms with van der Waals surface area (Å²) in [5.41, 5.74) is 2.28. The molecule has 0 bridgehead atoms. The van der Waals surface area contributed by atoms with Crippen LogP contribution in [0.15, 0.2) is 42.0 Å². The number of hydrogen-bond acceptors (Lipinski definition) is 4. The standard InChI is InChI=1S/C19H23O4.3C4H9.Sn/c1-22-19(21)13-16(17-10-5-11-18(17)20)9-6-12-23-14-15-7-3-2-4-8-15;3*1-3-4-2;/h2-4,7-9,13,17H,5-6,10-12,14H2,1H3;3*1,3-4H2,2H3;/b16-9-;;;;. The molecular weight excluding hydrogens is 555 g/mol. The summed E-state index contributed by atoms with van der Waals surface area (Å²) in [7, 11) is 1.54. The Bertz CT molecular complexity index is 782. The number of unbranched alkanes of at least 4 members (excludes halogenated alkanes) is 3. The first-order chi connectivity index (χ1) is 17.5. The molecule has 1 aliphatic rings. The zero-order chi connectivity index (χ0) is 26.2. The Kier molecular flexibility index (Phi) is 15.0. The van der Waals surface area contributed by atoms with Crippen LogP contribution >= 0.6 is 0 Å². The molecule has 2 atom stereocenters. The molecule has 1 aliphatic carbocycles. The van der Waals surface area contributed by atoms with Gasteiger partial charge < -0.3 is 0 Å². The van der Waals surface area contributed by atoms with E-state index in [9.17, 15) is 9.59 Å². The van der Waals surface area contributed by atoms with Crippen molar-refractivity contribution in [1.82, 2.24) is 0 Å². The van der Waals surface area contributed by atoms with Gasteiger partial charge >= 0.3 is 225 Å². The molecule has 0 spiro atoms. The van der Waals surface area contributed by atoms with E-state index in [0.29, 0.717) is 25.4 Å². The molecule has 36 heavy (non-hydrogen) atoms. The topological polar surface area (TPSA) is 52.6 Å². The third kappa shape index (κ3) is 9.31. The van der Waals surface area contributed by atoms with E-state index in [-0.39, 0.29) is 15.8 Å². The summed E-state index contributed by atoms with van der Waals surface area (Å²) in [6, 6.07) is 10.2. The number of ketones is 1. The van der Waals surface area contributed by atoms with Gasteiger partial charge in [-0.05, 0) is 0 Å². The molecular formula is C31H50O4Sn. The van der Waals surface area contributed by atoms with Crippen molar-refractivity contribution in [3.05, 3.63) is 47.5 Å². The van der Waals surface area contributed by atoms with Crippen molar-refractivity contribution in [3.63, 3.8) is 0 Å².